The molecule has 1 aliphatic rings. The first-order valence-electron chi connectivity index (χ1n) is 6.24. The number of benzene rings is 1. The van der Waals surface area contributed by atoms with Crippen LogP contribution < -0.4 is 0 Å². The number of carbonyl (C=O) groups is 1. The van der Waals surface area contributed by atoms with E-state index in [4.69, 9.17) is 5.26 Å². The highest BCUT2D eigenvalue weighted by Crippen LogP contribution is 2.22. The molecule has 2 rings (SSSR count). The van der Waals surface area contributed by atoms with Gasteiger partial charge in [-0.25, -0.2) is 4.39 Å². The summed E-state index contributed by atoms with van der Waals surface area (Å²) in [6.45, 7) is 4.91. The highest BCUT2D eigenvalue weighted by atomic mass is 19.1. The molecule has 98 valence electrons. The normalized spacial score (nSPS) is 18.1. The fourth-order valence-corrected chi connectivity index (χ4v) is 2.45. The monoisotopic (exact) mass is 258 g/mol. The lowest BCUT2D eigenvalue weighted by Gasteiger charge is -2.14. The smallest absolute Gasteiger partial charge is 0.245 e. The van der Waals surface area contributed by atoms with Crippen molar-refractivity contribution in [3.63, 3.8) is 0 Å². The van der Waals surface area contributed by atoms with E-state index in [-0.39, 0.29) is 11.5 Å². The van der Waals surface area contributed by atoms with E-state index < -0.39 is 5.82 Å². The molecule has 1 saturated heterocycles. The van der Waals surface area contributed by atoms with Gasteiger partial charge in [0.15, 0.2) is 0 Å². The Labute approximate surface area is 111 Å². The molecule has 0 saturated carbocycles. The van der Waals surface area contributed by atoms with Crippen molar-refractivity contribution in [1.29, 1.82) is 5.26 Å². The van der Waals surface area contributed by atoms with Gasteiger partial charge in [0.05, 0.1) is 5.56 Å². The SMILES string of the molecule is C=CC(=O)N1CCC(Cc2ccc(F)c(C#N)c2)C1. The lowest BCUT2D eigenvalue weighted by molar-refractivity contribution is -0.125. The van der Waals surface area contributed by atoms with Crippen molar-refractivity contribution in [2.24, 2.45) is 5.92 Å². The molecule has 4 heteroatoms. The number of nitrogens with zero attached hydrogens (tertiary/aromatic N) is 2. The second-order valence-electron chi connectivity index (χ2n) is 4.77. The predicted molar refractivity (Wildman–Crippen MR) is 69.7 cm³/mol. The predicted octanol–water partition coefficient (Wildman–Crippen LogP) is 2.27. The van der Waals surface area contributed by atoms with Crippen LogP contribution in [0.5, 0.6) is 0 Å². The zero-order valence-corrected chi connectivity index (χ0v) is 10.6. The molecular formula is C15H15FN2O. The van der Waals surface area contributed by atoms with Gasteiger partial charge >= 0.3 is 0 Å². The highest BCUT2D eigenvalue weighted by Gasteiger charge is 2.24. The Kier molecular flexibility index (Phi) is 3.96. The van der Waals surface area contributed by atoms with E-state index in [1.54, 1.807) is 17.0 Å². The van der Waals surface area contributed by atoms with Gasteiger partial charge in [-0.1, -0.05) is 12.6 Å². The average Bonchev–Trinajstić information content (AvgIpc) is 2.88. The molecule has 1 unspecified atom stereocenters. The Balaban J connectivity index is 2.01. The van der Waals surface area contributed by atoms with Crippen LogP contribution in [-0.4, -0.2) is 23.9 Å². The molecule has 1 aromatic rings. The van der Waals surface area contributed by atoms with E-state index in [2.05, 4.69) is 6.58 Å². The summed E-state index contributed by atoms with van der Waals surface area (Å²) < 4.78 is 13.2. The van der Waals surface area contributed by atoms with Crippen LogP contribution in [-0.2, 0) is 11.2 Å². The summed E-state index contributed by atoms with van der Waals surface area (Å²) in [4.78, 5) is 13.2. The maximum Gasteiger partial charge on any atom is 0.245 e. The first-order chi connectivity index (χ1) is 9.13. The number of hydrogen-bond donors (Lipinski definition) is 0. The van der Waals surface area contributed by atoms with Crippen molar-refractivity contribution >= 4 is 5.91 Å². The summed E-state index contributed by atoms with van der Waals surface area (Å²) in [5, 5.41) is 8.80. The molecule has 1 atom stereocenters. The zero-order chi connectivity index (χ0) is 13.8. The fourth-order valence-electron chi connectivity index (χ4n) is 2.45. The molecule has 3 nitrogen and oxygen atoms in total. The number of amides is 1. The van der Waals surface area contributed by atoms with Crippen LogP contribution in [0, 0.1) is 23.1 Å². The molecule has 0 aromatic heterocycles. The van der Waals surface area contributed by atoms with E-state index in [9.17, 15) is 9.18 Å². The standard InChI is InChI=1S/C15H15FN2O/c1-2-15(19)18-6-5-12(10-18)7-11-3-4-14(16)13(8-11)9-17/h2-4,8,12H,1,5-7,10H2. The molecule has 1 fully saturated rings. The van der Waals surface area contributed by atoms with Gasteiger partial charge in [0.2, 0.25) is 5.91 Å². The Bertz CT molecular complexity index is 548. The first-order valence-corrected chi connectivity index (χ1v) is 6.24. The number of likely N-dealkylation sites (tertiary alicyclic amines) is 1. The van der Waals surface area contributed by atoms with Gasteiger partial charge in [-0.2, -0.15) is 5.26 Å². The summed E-state index contributed by atoms with van der Waals surface area (Å²) >= 11 is 0. The third kappa shape index (κ3) is 3.00. The molecule has 0 bridgehead atoms. The topological polar surface area (TPSA) is 44.1 Å². The van der Waals surface area contributed by atoms with Gasteiger partial charge in [0.1, 0.15) is 11.9 Å². The molecule has 1 heterocycles. The number of hydrogen-bond acceptors (Lipinski definition) is 2. The average molecular weight is 258 g/mol. The quantitative estimate of drug-likeness (QED) is 0.781. The van der Waals surface area contributed by atoms with Crippen LogP contribution in [0.2, 0.25) is 0 Å². The van der Waals surface area contributed by atoms with Crippen molar-refractivity contribution in [2.75, 3.05) is 13.1 Å². The summed E-state index contributed by atoms with van der Waals surface area (Å²) in [6, 6.07) is 6.47. The second-order valence-corrected chi connectivity index (χ2v) is 4.77. The minimum absolute atomic E-state index is 0.0423. The molecule has 0 aliphatic carbocycles. The lowest BCUT2D eigenvalue weighted by Crippen LogP contribution is -2.26. The maximum absolute atomic E-state index is 13.2. The van der Waals surface area contributed by atoms with E-state index in [0.717, 1.165) is 24.9 Å². The van der Waals surface area contributed by atoms with Crippen LogP contribution in [0.25, 0.3) is 0 Å². The van der Waals surface area contributed by atoms with Gasteiger partial charge in [-0.15, -0.1) is 0 Å². The van der Waals surface area contributed by atoms with Crippen LogP contribution in [0.15, 0.2) is 30.9 Å². The number of nitriles is 1. The van der Waals surface area contributed by atoms with Gasteiger partial charge < -0.3 is 4.90 Å². The minimum atomic E-state index is -0.485. The Morgan fingerprint density at radius 2 is 2.42 bits per heavy atom. The van der Waals surface area contributed by atoms with E-state index >= 15 is 0 Å². The Morgan fingerprint density at radius 3 is 3.11 bits per heavy atom. The highest BCUT2D eigenvalue weighted by molar-refractivity contribution is 5.87. The van der Waals surface area contributed by atoms with Crippen LogP contribution in [0.1, 0.15) is 17.5 Å². The van der Waals surface area contributed by atoms with Crippen molar-refractivity contribution in [2.45, 2.75) is 12.8 Å². The molecule has 1 aliphatic heterocycles. The third-order valence-corrected chi connectivity index (χ3v) is 3.45. The largest absolute Gasteiger partial charge is 0.339 e. The number of rotatable bonds is 3. The zero-order valence-electron chi connectivity index (χ0n) is 10.6. The lowest BCUT2D eigenvalue weighted by atomic mass is 9.97. The Morgan fingerprint density at radius 1 is 1.63 bits per heavy atom. The number of halogens is 1. The summed E-state index contributed by atoms with van der Waals surface area (Å²) in [7, 11) is 0. The summed E-state index contributed by atoms with van der Waals surface area (Å²) in [6.07, 6.45) is 3.02. The fraction of sp³-hybridized carbons (Fsp3) is 0.333. The molecule has 0 radical (unpaired) electrons. The number of carbonyl (C=O) groups excluding carboxylic acids is 1. The van der Waals surface area contributed by atoms with Crippen LogP contribution in [0.4, 0.5) is 4.39 Å². The van der Waals surface area contributed by atoms with E-state index in [0.29, 0.717) is 12.5 Å². The molecule has 1 aromatic carbocycles. The van der Waals surface area contributed by atoms with Crippen LogP contribution in [0.3, 0.4) is 0 Å². The molecule has 0 spiro atoms. The van der Waals surface area contributed by atoms with Gasteiger partial charge in [0, 0.05) is 13.1 Å². The second kappa shape index (κ2) is 5.66. The minimum Gasteiger partial charge on any atom is -0.339 e. The summed E-state index contributed by atoms with van der Waals surface area (Å²) in [5.74, 6) is -0.165. The molecule has 1 amide bonds. The molecule has 0 N–H and O–H groups in total. The van der Waals surface area contributed by atoms with Crippen molar-refractivity contribution in [1.82, 2.24) is 4.90 Å². The Hall–Kier alpha value is -2.15. The van der Waals surface area contributed by atoms with Gasteiger partial charge in [-0.05, 0) is 42.5 Å². The maximum atomic E-state index is 13.2. The van der Waals surface area contributed by atoms with Crippen molar-refractivity contribution in [3.05, 3.63) is 47.8 Å². The van der Waals surface area contributed by atoms with Crippen molar-refractivity contribution in [3.8, 4) is 6.07 Å². The van der Waals surface area contributed by atoms with Crippen LogP contribution >= 0.6 is 0 Å². The van der Waals surface area contributed by atoms with Gasteiger partial charge in [0.25, 0.3) is 0 Å². The van der Waals surface area contributed by atoms with Crippen molar-refractivity contribution < 1.29 is 9.18 Å². The molecule has 19 heavy (non-hydrogen) atoms. The van der Waals surface area contributed by atoms with Gasteiger partial charge in [-0.3, -0.25) is 4.79 Å². The molecular weight excluding hydrogens is 243 g/mol. The first kappa shape index (κ1) is 13.3. The van der Waals surface area contributed by atoms with E-state index in [1.807, 2.05) is 6.07 Å². The summed E-state index contributed by atoms with van der Waals surface area (Å²) in [5.41, 5.74) is 1.02. The van der Waals surface area contributed by atoms with E-state index in [1.165, 1.54) is 12.1 Å². The third-order valence-electron chi connectivity index (χ3n) is 3.45.